The number of carbonyl (C=O) groups is 1. The molecule has 0 fully saturated rings. The molecule has 4 aromatic rings. The molecule has 0 spiro atoms. The van der Waals surface area contributed by atoms with Gasteiger partial charge in [-0.05, 0) is 47.4 Å². The third kappa shape index (κ3) is 2.90. The molecule has 1 aliphatic heterocycles. The van der Waals surface area contributed by atoms with Gasteiger partial charge in [-0.3, -0.25) is 14.6 Å². The topological polar surface area (TPSA) is 63.4 Å². The Hall–Kier alpha value is -3.73. The summed E-state index contributed by atoms with van der Waals surface area (Å²) in [5.74, 6) is -0.133. The second-order valence-corrected chi connectivity index (χ2v) is 7.46. The van der Waals surface area contributed by atoms with Crippen LogP contribution in [0.2, 0.25) is 0 Å². The molecule has 0 aliphatic carbocycles. The van der Waals surface area contributed by atoms with Gasteiger partial charge in [-0.2, -0.15) is 0 Å². The Bertz CT molecular complexity index is 1290. The Balaban J connectivity index is 1.71. The van der Waals surface area contributed by atoms with E-state index < -0.39 is 6.04 Å². The number of hydrogen-bond acceptors (Lipinski definition) is 4. The molecule has 1 aliphatic rings. The minimum Gasteiger partial charge on any atom is -0.450 e. The molecule has 0 unspecified atom stereocenters. The fraction of sp³-hybridized carbons (Fsp3) is 0.160. The van der Waals surface area contributed by atoms with Gasteiger partial charge in [0.05, 0.1) is 17.0 Å². The average molecular weight is 396 g/mol. The Morgan fingerprint density at radius 3 is 2.40 bits per heavy atom. The van der Waals surface area contributed by atoms with Gasteiger partial charge in [-0.1, -0.05) is 43.3 Å². The minimum absolute atomic E-state index is 0.136. The molecule has 5 nitrogen and oxygen atoms in total. The molecule has 0 saturated heterocycles. The van der Waals surface area contributed by atoms with Gasteiger partial charge < -0.3 is 9.32 Å². The van der Waals surface area contributed by atoms with Crippen LogP contribution in [0.1, 0.15) is 45.8 Å². The minimum atomic E-state index is -0.493. The van der Waals surface area contributed by atoms with Gasteiger partial charge in [-0.15, -0.1) is 0 Å². The van der Waals surface area contributed by atoms with Gasteiger partial charge in [0, 0.05) is 18.9 Å². The van der Waals surface area contributed by atoms with Crippen molar-refractivity contribution in [3.63, 3.8) is 0 Å². The predicted octanol–water partition coefficient (Wildman–Crippen LogP) is 4.50. The summed E-state index contributed by atoms with van der Waals surface area (Å²) in [6.07, 6.45) is 4.32. The number of rotatable bonds is 4. The summed E-state index contributed by atoms with van der Waals surface area (Å²) in [6, 6.07) is 18.4. The number of nitrogens with zero attached hydrogens (tertiary/aromatic N) is 2. The number of aryl methyl sites for hydroxylation is 1. The van der Waals surface area contributed by atoms with E-state index in [1.54, 1.807) is 35.5 Å². The molecule has 0 bridgehead atoms. The number of aromatic nitrogens is 1. The zero-order valence-corrected chi connectivity index (χ0v) is 16.5. The summed E-state index contributed by atoms with van der Waals surface area (Å²) < 4.78 is 5.96. The third-order valence-corrected chi connectivity index (χ3v) is 5.68. The van der Waals surface area contributed by atoms with Crippen LogP contribution in [0.4, 0.5) is 0 Å². The first-order valence-corrected chi connectivity index (χ1v) is 10.0. The number of fused-ring (bicyclic) bond motifs is 2. The van der Waals surface area contributed by atoms with Gasteiger partial charge in [0.15, 0.2) is 5.43 Å². The molecule has 30 heavy (non-hydrogen) atoms. The standard InChI is InChI=1S/C25H20N2O3/c1-2-16-7-9-18(10-8-16)22-21-23(28)19-5-3-4-6-20(19)30-24(21)25(29)27(22)15-17-11-13-26-14-12-17/h3-14,22H,2,15H2,1H3/t22-/m0/s1. The zero-order valence-electron chi connectivity index (χ0n) is 16.5. The van der Waals surface area contributed by atoms with E-state index in [0.717, 1.165) is 17.5 Å². The summed E-state index contributed by atoms with van der Waals surface area (Å²) in [5.41, 5.74) is 3.74. The van der Waals surface area contributed by atoms with Crippen molar-refractivity contribution in [2.24, 2.45) is 0 Å². The molecule has 2 aromatic heterocycles. The molecule has 148 valence electrons. The monoisotopic (exact) mass is 396 g/mol. The smallest absolute Gasteiger partial charge is 0.291 e. The Kier molecular flexibility index (Phi) is 4.43. The van der Waals surface area contributed by atoms with E-state index in [1.807, 2.05) is 42.5 Å². The number of carbonyl (C=O) groups excluding carboxylic acids is 1. The number of benzene rings is 2. The van der Waals surface area contributed by atoms with Gasteiger partial charge >= 0.3 is 0 Å². The SMILES string of the molecule is CCc1ccc([C@H]2c3c(oc4ccccc4c3=O)C(=O)N2Cc2ccncc2)cc1. The first-order chi connectivity index (χ1) is 14.7. The van der Waals surface area contributed by atoms with Crippen LogP contribution >= 0.6 is 0 Å². The van der Waals surface area contributed by atoms with Crippen LogP contribution in [-0.2, 0) is 13.0 Å². The second-order valence-electron chi connectivity index (χ2n) is 7.46. The molecular formula is C25H20N2O3. The lowest BCUT2D eigenvalue weighted by atomic mass is 9.97. The van der Waals surface area contributed by atoms with Gasteiger partial charge in [0.1, 0.15) is 5.58 Å². The van der Waals surface area contributed by atoms with Crippen molar-refractivity contribution in [2.45, 2.75) is 25.9 Å². The van der Waals surface area contributed by atoms with E-state index in [0.29, 0.717) is 23.1 Å². The lowest BCUT2D eigenvalue weighted by molar-refractivity contribution is 0.0714. The van der Waals surface area contributed by atoms with Gasteiger partial charge in [0.2, 0.25) is 5.76 Å². The van der Waals surface area contributed by atoms with Crippen molar-refractivity contribution in [2.75, 3.05) is 0 Å². The summed E-state index contributed by atoms with van der Waals surface area (Å²) in [6.45, 7) is 2.46. The van der Waals surface area contributed by atoms with Gasteiger partial charge in [0.25, 0.3) is 5.91 Å². The highest BCUT2D eigenvalue weighted by Gasteiger charge is 2.42. The van der Waals surface area contributed by atoms with Crippen LogP contribution in [0.3, 0.4) is 0 Å². The molecule has 1 atom stereocenters. The number of amides is 1. The maximum absolute atomic E-state index is 13.4. The first kappa shape index (κ1) is 18.3. The molecule has 0 radical (unpaired) electrons. The molecule has 5 heteroatoms. The summed E-state index contributed by atoms with van der Waals surface area (Å²) in [4.78, 5) is 32.6. The van der Waals surface area contributed by atoms with Crippen LogP contribution < -0.4 is 5.43 Å². The Morgan fingerprint density at radius 1 is 0.933 bits per heavy atom. The van der Waals surface area contributed by atoms with Crippen molar-refractivity contribution >= 4 is 16.9 Å². The largest absolute Gasteiger partial charge is 0.450 e. The Labute approximate surface area is 173 Å². The van der Waals surface area contributed by atoms with E-state index in [9.17, 15) is 9.59 Å². The van der Waals surface area contributed by atoms with E-state index in [2.05, 4.69) is 11.9 Å². The average Bonchev–Trinajstić information content (AvgIpc) is 3.06. The van der Waals surface area contributed by atoms with E-state index >= 15 is 0 Å². The molecule has 0 saturated carbocycles. The highest BCUT2D eigenvalue weighted by atomic mass is 16.3. The normalized spacial score (nSPS) is 15.6. The number of pyridine rings is 1. The molecule has 3 heterocycles. The van der Waals surface area contributed by atoms with Crippen molar-refractivity contribution in [1.82, 2.24) is 9.88 Å². The van der Waals surface area contributed by atoms with Crippen LogP contribution in [0, 0.1) is 0 Å². The van der Waals surface area contributed by atoms with Crippen molar-refractivity contribution in [3.05, 3.63) is 111 Å². The fourth-order valence-electron chi connectivity index (χ4n) is 4.10. The summed E-state index contributed by atoms with van der Waals surface area (Å²) in [7, 11) is 0. The van der Waals surface area contributed by atoms with Crippen LogP contribution in [0.15, 0.2) is 82.3 Å². The maximum atomic E-state index is 13.4. The van der Waals surface area contributed by atoms with Crippen LogP contribution in [0.5, 0.6) is 0 Å². The molecular weight excluding hydrogens is 376 g/mol. The maximum Gasteiger partial charge on any atom is 0.291 e. The van der Waals surface area contributed by atoms with E-state index in [4.69, 9.17) is 4.42 Å². The quantitative estimate of drug-likeness (QED) is 0.510. The number of hydrogen-bond donors (Lipinski definition) is 0. The second kappa shape index (κ2) is 7.26. The van der Waals surface area contributed by atoms with Crippen molar-refractivity contribution < 1.29 is 9.21 Å². The highest BCUT2D eigenvalue weighted by Crippen LogP contribution is 2.39. The zero-order chi connectivity index (χ0) is 20.7. The van der Waals surface area contributed by atoms with E-state index in [1.165, 1.54) is 5.56 Å². The van der Waals surface area contributed by atoms with Gasteiger partial charge in [-0.25, -0.2) is 0 Å². The molecule has 0 N–H and O–H groups in total. The van der Waals surface area contributed by atoms with Crippen molar-refractivity contribution in [1.29, 1.82) is 0 Å². The first-order valence-electron chi connectivity index (χ1n) is 10.0. The summed E-state index contributed by atoms with van der Waals surface area (Å²) >= 11 is 0. The van der Waals surface area contributed by atoms with Crippen molar-refractivity contribution in [3.8, 4) is 0 Å². The van der Waals surface area contributed by atoms with Crippen LogP contribution in [-0.4, -0.2) is 15.8 Å². The van der Waals surface area contributed by atoms with E-state index in [-0.39, 0.29) is 17.1 Å². The molecule has 1 amide bonds. The predicted molar refractivity (Wildman–Crippen MR) is 114 cm³/mol. The highest BCUT2D eigenvalue weighted by molar-refractivity contribution is 5.99. The molecule has 2 aromatic carbocycles. The third-order valence-electron chi connectivity index (χ3n) is 5.68. The lowest BCUT2D eigenvalue weighted by Crippen LogP contribution is -2.29. The molecule has 5 rings (SSSR count). The van der Waals surface area contributed by atoms with Crippen LogP contribution in [0.25, 0.3) is 11.0 Å². The summed E-state index contributed by atoms with van der Waals surface area (Å²) in [5, 5.41) is 0.491. The lowest BCUT2D eigenvalue weighted by Gasteiger charge is -2.25. The number of para-hydroxylation sites is 1. The Morgan fingerprint density at radius 2 is 1.67 bits per heavy atom. The fourth-order valence-corrected chi connectivity index (χ4v) is 4.10.